The van der Waals surface area contributed by atoms with E-state index in [2.05, 4.69) is 9.97 Å². The molecule has 4 aromatic heterocycles. The number of hydrogen-bond acceptors (Lipinski definition) is 6. The second kappa shape index (κ2) is 8.74. The van der Waals surface area contributed by atoms with Crippen LogP contribution < -0.4 is 10.2 Å². The Morgan fingerprint density at radius 3 is 2.71 bits per heavy atom. The largest absolute Gasteiger partial charge is 0.501 e. The van der Waals surface area contributed by atoms with Gasteiger partial charge in [-0.05, 0) is 55.0 Å². The summed E-state index contributed by atoms with van der Waals surface area (Å²) < 4.78 is 13.1. The quantitative estimate of drug-likeness (QED) is 0.387. The molecule has 0 bridgehead atoms. The van der Waals surface area contributed by atoms with E-state index in [1.165, 1.54) is 6.07 Å². The van der Waals surface area contributed by atoms with Gasteiger partial charge in [0, 0.05) is 36.8 Å². The maximum absolute atomic E-state index is 12.3. The predicted molar refractivity (Wildman–Crippen MR) is 128 cm³/mol. The van der Waals surface area contributed by atoms with Gasteiger partial charge in [-0.15, -0.1) is 0 Å². The Morgan fingerprint density at radius 1 is 1.15 bits per heavy atom. The Labute approximate surface area is 195 Å². The molecule has 0 saturated carbocycles. The third-order valence-corrected chi connectivity index (χ3v) is 5.49. The lowest BCUT2D eigenvalue weighted by Gasteiger charge is -2.07. The average Bonchev–Trinajstić information content (AvgIpc) is 3.49. The topological polar surface area (TPSA) is 106 Å². The average molecular weight is 454 g/mol. The molecule has 0 atom stereocenters. The molecule has 5 aromatic rings. The van der Waals surface area contributed by atoms with Crippen LogP contribution >= 0.6 is 0 Å². The molecule has 5 rings (SSSR count). The van der Waals surface area contributed by atoms with Crippen molar-refractivity contribution in [2.45, 2.75) is 13.5 Å². The molecule has 34 heavy (non-hydrogen) atoms. The van der Waals surface area contributed by atoms with Gasteiger partial charge < -0.3 is 23.8 Å². The molecule has 0 radical (unpaired) electrons. The fraction of sp³-hybridized carbons (Fsp3) is 0.115. The third kappa shape index (κ3) is 3.97. The third-order valence-electron chi connectivity index (χ3n) is 5.49. The zero-order valence-corrected chi connectivity index (χ0v) is 18.6. The second-order valence-corrected chi connectivity index (χ2v) is 7.82. The molecule has 8 heteroatoms. The molecule has 0 spiro atoms. The van der Waals surface area contributed by atoms with E-state index < -0.39 is 11.2 Å². The van der Waals surface area contributed by atoms with Gasteiger partial charge in [0.15, 0.2) is 11.6 Å². The lowest BCUT2D eigenvalue weighted by molar-refractivity contribution is 0.415. The van der Waals surface area contributed by atoms with Crippen molar-refractivity contribution in [3.05, 3.63) is 94.7 Å². The molecule has 8 nitrogen and oxygen atoms in total. The predicted octanol–water partition coefficient (Wildman–Crippen LogP) is 4.63. The van der Waals surface area contributed by atoms with E-state index in [-0.39, 0.29) is 5.76 Å². The van der Waals surface area contributed by atoms with Crippen LogP contribution in [0.1, 0.15) is 11.3 Å². The van der Waals surface area contributed by atoms with E-state index in [9.17, 15) is 9.90 Å². The van der Waals surface area contributed by atoms with Crippen LogP contribution in [0.25, 0.3) is 34.2 Å². The number of nitrogens with one attached hydrogen (secondary N) is 1. The molecule has 170 valence electrons. The van der Waals surface area contributed by atoms with Crippen LogP contribution in [-0.2, 0) is 6.54 Å². The molecular formula is C26H22N4O4. The van der Waals surface area contributed by atoms with Gasteiger partial charge in [0.2, 0.25) is 11.2 Å². The molecule has 0 aliphatic rings. The van der Waals surface area contributed by atoms with Crippen LogP contribution in [0.15, 0.2) is 82.4 Å². The number of nitrogens with zero attached hydrogens (tertiary/aromatic N) is 3. The highest BCUT2D eigenvalue weighted by molar-refractivity contribution is 5.81. The Morgan fingerprint density at radius 2 is 1.97 bits per heavy atom. The molecule has 0 unspecified atom stereocenters. The molecule has 1 aromatic carbocycles. The molecule has 0 saturated heterocycles. The maximum atomic E-state index is 12.3. The Bertz CT molecular complexity index is 1500. The van der Waals surface area contributed by atoms with Crippen molar-refractivity contribution in [1.82, 2.24) is 19.5 Å². The summed E-state index contributed by atoms with van der Waals surface area (Å²) in [5.41, 5.74) is 3.08. The number of aryl methyl sites for hydroxylation is 1. The molecule has 4 heterocycles. The normalized spacial score (nSPS) is 11.0. The smallest absolute Gasteiger partial charge is 0.227 e. The molecule has 0 aliphatic heterocycles. The van der Waals surface area contributed by atoms with Crippen molar-refractivity contribution < 1.29 is 14.3 Å². The highest BCUT2D eigenvalue weighted by Gasteiger charge is 2.23. The van der Waals surface area contributed by atoms with Crippen LogP contribution in [0.2, 0.25) is 0 Å². The number of hydrogen-bond donors (Lipinski definition) is 2. The van der Waals surface area contributed by atoms with Crippen LogP contribution in [0.3, 0.4) is 0 Å². The number of pyridine rings is 1. The highest BCUT2D eigenvalue weighted by atomic mass is 16.5. The highest BCUT2D eigenvalue weighted by Crippen LogP contribution is 2.37. The summed E-state index contributed by atoms with van der Waals surface area (Å²) in [5, 5.41) is 10.5. The summed E-state index contributed by atoms with van der Waals surface area (Å²) in [4.78, 5) is 24.6. The fourth-order valence-corrected chi connectivity index (χ4v) is 3.85. The molecule has 2 N–H and O–H groups in total. The first-order valence-corrected chi connectivity index (χ1v) is 10.7. The summed E-state index contributed by atoms with van der Waals surface area (Å²) in [5.74, 6) is 1.23. The van der Waals surface area contributed by atoms with Crippen molar-refractivity contribution in [3.8, 4) is 45.7 Å². The van der Waals surface area contributed by atoms with Gasteiger partial charge in [-0.3, -0.25) is 9.78 Å². The standard InChI is InChI=1S/C26H22N4O4/c1-16-13-21(31)24(32)25(34-16)23-22(18-7-9-19(33-2)10-8-18)28-26(29-23)20-6-4-12-30(20)15-17-5-3-11-27-14-17/h3-14,32H,15H2,1-2H3,(H,28,29). The molecule has 0 amide bonds. The Hall–Kier alpha value is -4.59. The number of ether oxygens (including phenoxy) is 1. The first-order valence-electron chi connectivity index (χ1n) is 10.7. The number of imidazole rings is 1. The number of benzene rings is 1. The van der Waals surface area contributed by atoms with E-state index in [0.29, 0.717) is 35.3 Å². The lowest BCUT2D eigenvalue weighted by Crippen LogP contribution is -2.02. The van der Waals surface area contributed by atoms with E-state index >= 15 is 0 Å². The zero-order valence-electron chi connectivity index (χ0n) is 18.6. The number of aromatic amines is 1. The fourth-order valence-electron chi connectivity index (χ4n) is 3.85. The van der Waals surface area contributed by atoms with Crippen LogP contribution in [0.5, 0.6) is 11.5 Å². The van der Waals surface area contributed by atoms with Gasteiger partial charge in [0.25, 0.3) is 0 Å². The van der Waals surface area contributed by atoms with Crippen molar-refractivity contribution in [3.63, 3.8) is 0 Å². The summed E-state index contributed by atoms with van der Waals surface area (Å²) in [6.45, 7) is 2.27. The monoisotopic (exact) mass is 454 g/mol. The maximum Gasteiger partial charge on any atom is 0.227 e. The van der Waals surface area contributed by atoms with E-state index in [4.69, 9.17) is 14.1 Å². The number of rotatable bonds is 6. The van der Waals surface area contributed by atoms with E-state index in [1.807, 2.05) is 65.5 Å². The number of H-pyrrole nitrogens is 1. The second-order valence-electron chi connectivity index (χ2n) is 7.82. The zero-order chi connectivity index (χ0) is 23.7. The minimum absolute atomic E-state index is 0.0416. The Kier molecular flexibility index (Phi) is 5.47. The van der Waals surface area contributed by atoms with Crippen LogP contribution in [0, 0.1) is 6.92 Å². The molecule has 0 aliphatic carbocycles. The SMILES string of the molecule is COc1ccc(-c2nc(-c3cccn3Cc3cccnc3)[nH]c2-c2oc(C)cc(=O)c2O)cc1. The van der Waals surface area contributed by atoms with E-state index in [1.54, 1.807) is 20.2 Å². The summed E-state index contributed by atoms with van der Waals surface area (Å²) in [6, 6.07) is 16.4. The minimum Gasteiger partial charge on any atom is -0.501 e. The van der Waals surface area contributed by atoms with Gasteiger partial charge in [0.1, 0.15) is 22.9 Å². The number of aromatic hydroxyl groups is 1. The molecular weight excluding hydrogens is 432 g/mol. The lowest BCUT2D eigenvalue weighted by atomic mass is 10.1. The van der Waals surface area contributed by atoms with Crippen LogP contribution in [0.4, 0.5) is 0 Å². The molecule has 0 fully saturated rings. The summed E-state index contributed by atoms with van der Waals surface area (Å²) in [7, 11) is 1.60. The first-order chi connectivity index (χ1) is 16.5. The van der Waals surface area contributed by atoms with Crippen LogP contribution in [-0.4, -0.2) is 31.7 Å². The summed E-state index contributed by atoms with van der Waals surface area (Å²) in [6.07, 6.45) is 5.52. The first kappa shape index (κ1) is 21.3. The van der Waals surface area contributed by atoms with Crippen molar-refractivity contribution in [2.24, 2.45) is 0 Å². The van der Waals surface area contributed by atoms with Crippen molar-refractivity contribution >= 4 is 0 Å². The van der Waals surface area contributed by atoms with Gasteiger partial charge in [-0.1, -0.05) is 6.07 Å². The van der Waals surface area contributed by atoms with Crippen molar-refractivity contribution in [2.75, 3.05) is 7.11 Å². The van der Waals surface area contributed by atoms with Gasteiger partial charge >= 0.3 is 0 Å². The number of aromatic nitrogens is 4. The van der Waals surface area contributed by atoms with Gasteiger partial charge in [-0.2, -0.15) is 0 Å². The summed E-state index contributed by atoms with van der Waals surface area (Å²) >= 11 is 0. The minimum atomic E-state index is -0.518. The van der Waals surface area contributed by atoms with Crippen molar-refractivity contribution in [1.29, 1.82) is 0 Å². The number of methoxy groups -OCH3 is 1. The van der Waals surface area contributed by atoms with Gasteiger partial charge in [0.05, 0.1) is 12.8 Å². The van der Waals surface area contributed by atoms with E-state index in [0.717, 1.165) is 16.8 Å². The Balaban J connectivity index is 1.67. The van der Waals surface area contributed by atoms with Gasteiger partial charge in [-0.25, -0.2) is 4.98 Å².